The number of aromatic nitrogens is 4. The van der Waals surface area contributed by atoms with Crippen LogP contribution in [0.4, 0.5) is 0 Å². The van der Waals surface area contributed by atoms with Crippen molar-refractivity contribution in [1.82, 2.24) is 24.8 Å². The molecular formula is C18H17N5OS. The minimum Gasteiger partial charge on any atom is -0.331 e. The Labute approximate surface area is 149 Å². The highest BCUT2D eigenvalue weighted by Crippen LogP contribution is 2.35. The average molecular weight is 351 g/mol. The normalized spacial score (nSPS) is 17.0. The maximum Gasteiger partial charge on any atom is 0.266 e. The zero-order valence-corrected chi connectivity index (χ0v) is 14.6. The highest BCUT2D eigenvalue weighted by Gasteiger charge is 2.32. The van der Waals surface area contributed by atoms with E-state index in [0.29, 0.717) is 15.7 Å². The number of carbonyl (C=O) groups is 1. The second-order valence-corrected chi connectivity index (χ2v) is 6.94. The lowest BCUT2D eigenvalue weighted by Crippen LogP contribution is -2.30. The van der Waals surface area contributed by atoms with E-state index in [1.54, 1.807) is 30.9 Å². The number of pyridine rings is 1. The molecule has 1 saturated heterocycles. The second-order valence-electron chi connectivity index (χ2n) is 5.94. The summed E-state index contributed by atoms with van der Waals surface area (Å²) in [6.07, 6.45) is 8.90. The van der Waals surface area contributed by atoms with Gasteiger partial charge in [-0.25, -0.2) is 15.0 Å². The molecule has 1 unspecified atom stereocenters. The van der Waals surface area contributed by atoms with Crippen LogP contribution in [0.15, 0.2) is 43.0 Å². The molecule has 3 aromatic rings. The van der Waals surface area contributed by atoms with Gasteiger partial charge >= 0.3 is 0 Å². The van der Waals surface area contributed by atoms with Gasteiger partial charge in [0.2, 0.25) is 0 Å². The van der Waals surface area contributed by atoms with Gasteiger partial charge in [-0.05, 0) is 43.5 Å². The van der Waals surface area contributed by atoms with Gasteiger partial charge in [0, 0.05) is 31.3 Å². The molecule has 0 N–H and O–H groups in total. The number of thiazole rings is 1. The number of nitrogens with zero attached hydrogens (tertiary/aromatic N) is 5. The summed E-state index contributed by atoms with van der Waals surface area (Å²) >= 11 is 1.37. The van der Waals surface area contributed by atoms with E-state index in [-0.39, 0.29) is 11.9 Å². The molecule has 126 valence electrons. The molecule has 1 atom stereocenters. The third-order valence-electron chi connectivity index (χ3n) is 4.35. The van der Waals surface area contributed by atoms with E-state index >= 15 is 0 Å². The molecule has 3 aromatic heterocycles. The van der Waals surface area contributed by atoms with Crippen molar-refractivity contribution in [3.63, 3.8) is 0 Å². The summed E-state index contributed by atoms with van der Waals surface area (Å²) in [4.78, 5) is 32.8. The van der Waals surface area contributed by atoms with Gasteiger partial charge in [-0.1, -0.05) is 0 Å². The molecule has 6 nitrogen and oxygen atoms in total. The van der Waals surface area contributed by atoms with Crippen molar-refractivity contribution < 1.29 is 4.79 Å². The van der Waals surface area contributed by atoms with Crippen molar-refractivity contribution in [3.05, 3.63) is 59.1 Å². The minimum atomic E-state index is 0.0384. The van der Waals surface area contributed by atoms with Crippen LogP contribution in [0.2, 0.25) is 0 Å². The van der Waals surface area contributed by atoms with Gasteiger partial charge < -0.3 is 4.90 Å². The van der Waals surface area contributed by atoms with Crippen molar-refractivity contribution in [2.75, 3.05) is 6.54 Å². The Hall–Kier alpha value is -2.67. The topological polar surface area (TPSA) is 71.9 Å². The van der Waals surface area contributed by atoms with Gasteiger partial charge in [-0.2, -0.15) is 0 Å². The van der Waals surface area contributed by atoms with E-state index in [9.17, 15) is 4.79 Å². The van der Waals surface area contributed by atoms with Crippen LogP contribution >= 0.6 is 11.3 Å². The van der Waals surface area contributed by atoms with E-state index in [1.165, 1.54) is 11.3 Å². The number of carbonyl (C=O) groups excluding carboxylic acids is 1. The SMILES string of the molecule is Cc1nc(-c2ncccn2)sc1C(=O)N1CCCC1c1ccncc1. The lowest BCUT2D eigenvalue weighted by atomic mass is 10.1. The predicted molar refractivity (Wildman–Crippen MR) is 95.1 cm³/mol. The molecule has 7 heteroatoms. The van der Waals surface area contributed by atoms with Crippen LogP contribution in [0, 0.1) is 6.92 Å². The molecule has 4 heterocycles. The van der Waals surface area contributed by atoms with E-state index in [4.69, 9.17) is 0 Å². The lowest BCUT2D eigenvalue weighted by molar-refractivity contribution is 0.0739. The molecule has 1 aliphatic heterocycles. The van der Waals surface area contributed by atoms with Crippen molar-refractivity contribution in [2.45, 2.75) is 25.8 Å². The van der Waals surface area contributed by atoms with Gasteiger partial charge in [0.05, 0.1) is 11.7 Å². The summed E-state index contributed by atoms with van der Waals surface area (Å²) in [5.41, 5.74) is 1.87. The fourth-order valence-corrected chi connectivity index (χ4v) is 4.14. The lowest BCUT2D eigenvalue weighted by Gasteiger charge is -2.24. The Morgan fingerprint density at radius 3 is 2.72 bits per heavy atom. The second kappa shape index (κ2) is 6.68. The molecule has 0 bridgehead atoms. The first-order valence-corrected chi connectivity index (χ1v) is 9.01. The first-order chi connectivity index (χ1) is 12.2. The van der Waals surface area contributed by atoms with Crippen LogP contribution in [0.1, 0.15) is 39.8 Å². The van der Waals surface area contributed by atoms with Gasteiger partial charge in [-0.3, -0.25) is 9.78 Å². The summed E-state index contributed by atoms with van der Waals surface area (Å²) < 4.78 is 0. The first kappa shape index (κ1) is 15.8. The van der Waals surface area contributed by atoms with E-state index < -0.39 is 0 Å². The highest BCUT2D eigenvalue weighted by molar-refractivity contribution is 7.17. The van der Waals surface area contributed by atoms with E-state index in [1.807, 2.05) is 24.0 Å². The van der Waals surface area contributed by atoms with Crippen molar-refractivity contribution >= 4 is 17.2 Å². The highest BCUT2D eigenvalue weighted by atomic mass is 32.1. The smallest absolute Gasteiger partial charge is 0.266 e. The maximum atomic E-state index is 13.1. The molecule has 4 rings (SSSR count). The van der Waals surface area contributed by atoms with Gasteiger partial charge in [0.25, 0.3) is 5.91 Å². The Morgan fingerprint density at radius 1 is 1.20 bits per heavy atom. The number of rotatable bonds is 3. The summed E-state index contributed by atoms with van der Waals surface area (Å²) in [6, 6.07) is 5.84. The molecule has 0 aliphatic carbocycles. The molecule has 0 saturated carbocycles. The number of amides is 1. The first-order valence-electron chi connectivity index (χ1n) is 8.20. The average Bonchev–Trinajstić information content (AvgIpc) is 3.30. The Morgan fingerprint density at radius 2 is 1.96 bits per heavy atom. The van der Waals surface area contributed by atoms with Gasteiger partial charge in [-0.15, -0.1) is 11.3 Å². The summed E-state index contributed by atoms with van der Waals surface area (Å²) in [6.45, 7) is 2.63. The quantitative estimate of drug-likeness (QED) is 0.724. The van der Waals surface area contributed by atoms with Crippen LogP contribution in [0.3, 0.4) is 0 Å². The molecule has 0 aromatic carbocycles. The fourth-order valence-electron chi connectivity index (χ4n) is 3.17. The molecule has 1 aliphatic rings. The predicted octanol–water partition coefficient (Wildman–Crippen LogP) is 3.28. The molecule has 1 fully saturated rings. The third-order valence-corrected chi connectivity index (χ3v) is 5.49. The van der Waals surface area contributed by atoms with E-state index in [0.717, 1.165) is 30.6 Å². The molecule has 0 radical (unpaired) electrons. The number of likely N-dealkylation sites (tertiary alicyclic amines) is 1. The fraction of sp³-hybridized carbons (Fsp3) is 0.278. The molecule has 0 spiro atoms. The van der Waals surface area contributed by atoms with Crippen LogP contribution in [0.25, 0.3) is 10.8 Å². The van der Waals surface area contributed by atoms with Crippen molar-refractivity contribution in [2.24, 2.45) is 0 Å². The third kappa shape index (κ3) is 3.02. The Balaban J connectivity index is 1.64. The number of hydrogen-bond donors (Lipinski definition) is 0. The monoisotopic (exact) mass is 351 g/mol. The molecule has 25 heavy (non-hydrogen) atoms. The molecular weight excluding hydrogens is 334 g/mol. The van der Waals surface area contributed by atoms with Crippen molar-refractivity contribution in [3.8, 4) is 10.8 Å². The maximum absolute atomic E-state index is 13.1. The summed E-state index contributed by atoms with van der Waals surface area (Å²) in [5, 5.41) is 0.682. The van der Waals surface area contributed by atoms with Gasteiger partial charge in [0.1, 0.15) is 4.88 Å². The zero-order valence-electron chi connectivity index (χ0n) is 13.8. The molecule has 1 amide bonds. The van der Waals surface area contributed by atoms with Crippen LogP contribution in [-0.4, -0.2) is 37.3 Å². The Kier molecular flexibility index (Phi) is 4.23. The van der Waals surface area contributed by atoms with E-state index in [2.05, 4.69) is 19.9 Å². The zero-order chi connectivity index (χ0) is 17.2. The van der Waals surface area contributed by atoms with Crippen LogP contribution in [0.5, 0.6) is 0 Å². The van der Waals surface area contributed by atoms with Crippen molar-refractivity contribution in [1.29, 1.82) is 0 Å². The standard InChI is InChI=1S/C18H17N5OS/c1-12-15(25-17(22-12)16-20-7-3-8-21-16)18(24)23-11-2-4-14(23)13-5-9-19-10-6-13/h3,5-10,14H,2,4,11H2,1H3. The number of hydrogen-bond acceptors (Lipinski definition) is 6. The Bertz CT molecular complexity index is 881. The summed E-state index contributed by atoms with van der Waals surface area (Å²) in [7, 11) is 0. The van der Waals surface area contributed by atoms with Gasteiger partial charge in [0.15, 0.2) is 10.8 Å². The van der Waals surface area contributed by atoms with Crippen LogP contribution in [-0.2, 0) is 0 Å². The largest absolute Gasteiger partial charge is 0.331 e. The number of aryl methyl sites for hydroxylation is 1. The minimum absolute atomic E-state index is 0.0384. The van der Waals surface area contributed by atoms with Crippen LogP contribution < -0.4 is 0 Å². The summed E-state index contributed by atoms with van der Waals surface area (Å²) in [5.74, 6) is 0.596.